The van der Waals surface area contributed by atoms with Gasteiger partial charge in [0.25, 0.3) is 0 Å². The Balaban J connectivity index is 1.68. The van der Waals surface area contributed by atoms with E-state index >= 15 is 0 Å². The van der Waals surface area contributed by atoms with E-state index in [-0.39, 0.29) is 17.8 Å². The number of benzene rings is 2. The van der Waals surface area contributed by atoms with Gasteiger partial charge in [0.1, 0.15) is 4.83 Å². The lowest BCUT2D eigenvalue weighted by Crippen LogP contribution is -2.31. The van der Waals surface area contributed by atoms with Gasteiger partial charge in [-0.25, -0.2) is 9.78 Å². The van der Waals surface area contributed by atoms with Crippen molar-refractivity contribution in [3.8, 4) is 11.4 Å². The van der Waals surface area contributed by atoms with E-state index in [4.69, 9.17) is 32.9 Å². The van der Waals surface area contributed by atoms with Crippen LogP contribution in [0.15, 0.2) is 53.3 Å². The molecular formula is C25H20Cl2N4O2S. The minimum atomic E-state index is -0.312. The quantitative estimate of drug-likeness (QED) is 0.299. The number of aromatic nitrogens is 4. The molecule has 34 heavy (non-hydrogen) atoms. The molecule has 0 radical (unpaired) electrons. The molecule has 6 rings (SSSR count). The zero-order valence-corrected chi connectivity index (χ0v) is 20.8. The zero-order chi connectivity index (χ0) is 23.6. The summed E-state index contributed by atoms with van der Waals surface area (Å²) in [6.45, 7) is 4.88. The first kappa shape index (κ1) is 21.8. The van der Waals surface area contributed by atoms with Gasteiger partial charge in [0.2, 0.25) is 0 Å². The maximum atomic E-state index is 13.8. The second-order valence-electron chi connectivity index (χ2n) is 9.01. The Morgan fingerprint density at radius 2 is 1.82 bits per heavy atom. The molecule has 0 saturated heterocycles. The summed E-state index contributed by atoms with van der Waals surface area (Å²) < 4.78 is 9.18. The molecule has 6 nitrogen and oxygen atoms in total. The van der Waals surface area contributed by atoms with Crippen molar-refractivity contribution in [3.05, 3.63) is 85.1 Å². The van der Waals surface area contributed by atoms with E-state index in [1.165, 1.54) is 4.52 Å². The van der Waals surface area contributed by atoms with Gasteiger partial charge in [-0.3, -0.25) is 4.57 Å². The standard InChI is InChI=1S/C25H20Cl2N4O2S/c1-25(2)11-15-19(13-33-25)34-23-20(15)22-28-21(14-7-4-3-5-8-14)29-31(22)24(32)30(23)12-16-17(26)9-6-10-18(16)27/h3-10H,11-13H2,1-2H3. The second kappa shape index (κ2) is 7.92. The SMILES string of the molecule is CC1(C)Cc2c(sc3c2c2nc(-c4ccccc4)nn2c(=O)n3Cc2c(Cl)cccc2Cl)CO1. The minimum absolute atomic E-state index is 0.230. The monoisotopic (exact) mass is 510 g/mol. The van der Waals surface area contributed by atoms with Gasteiger partial charge in [0.15, 0.2) is 11.5 Å². The van der Waals surface area contributed by atoms with Crippen molar-refractivity contribution in [3.63, 3.8) is 0 Å². The number of hydrogen-bond donors (Lipinski definition) is 0. The molecule has 3 aromatic heterocycles. The number of ether oxygens (including phenoxy) is 1. The highest BCUT2D eigenvalue weighted by Crippen LogP contribution is 2.40. The number of nitrogens with zero attached hydrogens (tertiary/aromatic N) is 4. The van der Waals surface area contributed by atoms with E-state index < -0.39 is 0 Å². The third-order valence-electron chi connectivity index (χ3n) is 6.17. The van der Waals surface area contributed by atoms with Crippen LogP contribution in [0.3, 0.4) is 0 Å². The summed E-state index contributed by atoms with van der Waals surface area (Å²) in [5.74, 6) is 0.513. The van der Waals surface area contributed by atoms with Gasteiger partial charge in [0, 0.05) is 32.5 Å². The van der Waals surface area contributed by atoms with Crippen molar-refractivity contribution in [2.75, 3.05) is 0 Å². The molecule has 0 atom stereocenters. The molecule has 1 aliphatic heterocycles. The van der Waals surface area contributed by atoms with Gasteiger partial charge in [-0.1, -0.05) is 59.6 Å². The number of hydrogen-bond acceptors (Lipinski definition) is 5. The summed E-state index contributed by atoms with van der Waals surface area (Å²) >= 11 is 14.5. The van der Waals surface area contributed by atoms with E-state index in [1.54, 1.807) is 34.1 Å². The van der Waals surface area contributed by atoms with Gasteiger partial charge < -0.3 is 4.74 Å². The van der Waals surface area contributed by atoms with Gasteiger partial charge in [-0.15, -0.1) is 16.4 Å². The lowest BCUT2D eigenvalue weighted by Gasteiger charge is -2.30. The summed E-state index contributed by atoms with van der Waals surface area (Å²) in [4.78, 5) is 20.5. The molecule has 2 aromatic carbocycles. The Bertz CT molecular complexity index is 1620. The molecule has 0 bridgehead atoms. The molecule has 0 N–H and O–H groups in total. The molecule has 1 aliphatic rings. The van der Waals surface area contributed by atoms with Crippen LogP contribution in [0.2, 0.25) is 10.0 Å². The molecule has 4 heterocycles. The van der Waals surface area contributed by atoms with E-state index in [1.807, 2.05) is 30.3 Å². The number of fused-ring (bicyclic) bond motifs is 5. The molecule has 5 aromatic rings. The Hall–Kier alpha value is -2.71. The summed E-state index contributed by atoms with van der Waals surface area (Å²) in [6, 6.07) is 15.0. The van der Waals surface area contributed by atoms with Crippen LogP contribution in [0.1, 0.15) is 29.9 Å². The first-order chi connectivity index (χ1) is 16.3. The number of thiophene rings is 1. The van der Waals surface area contributed by atoms with Gasteiger partial charge in [0.05, 0.1) is 24.1 Å². The van der Waals surface area contributed by atoms with Crippen LogP contribution in [0.25, 0.3) is 27.3 Å². The predicted molar refractivity (Wildman–Crippen MR) is 136 cm³/mol. The van der Waals surface area contributed by atoms with Crippen LogP contribution in [0.5, 0.6) is 0 Å². The first-order valence-electron chi connectivity index (χ1n) is 10.9. The van der Waals surface area contributed by atoms with Crippen LogP contribution in [0.4, 0.5) is 0 Å². The number of halogens is 2. The van der Waals surface area contributed by atoms with Crippen molar-refractivity contribution in [2.45, 2.75) is 39.0 Å². The van der Waals surface area contributed by atoms with Crippen LogP contribution >= 0.6 is 34.5 Å². The van der Waals surface area contributed by atoms with E-state index in [2.05, 4.69) is 18.9 Å². The summed E-state index contributed by atoms with van der Waals surface area (Å²) in [5, 5.41) is 6.59. The van der Waals surface area contributed by atoms with Crippen molar-refractivity contribution < 1.29 is 4.74 Å². The van der Waals surface area contributed by atoms with E-state index in [0.29, 0.717) is 33.7 Å². The molecule has 0 unspecified atom stereocenters. The van der Waals surface area contributed by atoms with Gasteiger partial charge in [-0.05, 0) is 31.5 Å². The molecular weight excluding hydrogens is 491 g/mol. The molecule has 172 valence electrons. The van der Waals surface area contributed by atoms with Crippen LogP contribution < -0.4 is 5.69 Å². The Morgan fingerprint density at radius 3 is 2.56 bits per heavy atom. The van der Waals surface area contributed by atoms with Crippen molar-refractivity contribution >= 4 is 50.4 Å². The van der Waals surface area contributed by atoms with Crippen molar-refractivity contribution in [1.82, 2.24) is 19.2 Å². The zero-order valence-electron chi connectivity index (χ0n) is 18.5. The molecule has 0 amide bonds. The average molecular weight is 511 g/mol. The van der Waals surface area contributed by atoms with E-state index in [9.17, 15) is 4.79 Å². The average Bonchev–Trinajstić information content (AvgIpc) is 3.40. The Kier molecular flexibility index (Phi) is 5.08. The summed E-state index contributed by atoms with van der Waals surface area (Å²) in [5.41, 5.74) is 2.68. The van der Waals surface area contributed by atoms with Crippen LogP contribution in [0, 0.1) is 0 Å². The normalized spacial score (nSPS) is 15.2. The second-order valence-corrected chi connectivity index (χ2v) is 10.9. The molecule has 9 heteroatoms. The molecule has 0 aliphatic carbocycles. The highest BCUT2D eigenvalue weighted by molar-refractivity contribution is 7.19. The topological polar surface area (TPSA) is 61.4 Å². The van der Waals surface area contributed by atoms with Gasteiger partial charge in [-0.2, -0.15) is 4.52 Å². The lowest BCUT2D eigenvalue weighted by molar-refractivity contribution is -0.0379. The fourth-order valence-corrected chi connectivity index (χ4v) is 6.19. The third-order valence-corrected chi connectivity index (χ3v) is 8.10. The predicted octanol–water partition coefficient (Wildman–Crippen LogP) is 5.98. The largest absolute Gasteiger partial charge is 0.370 e. The van der Waals surface area contributed by atoms with E-state index in [0.717, 1.165) is 32.6 Å². The molecule has 0 spiro atoms. The maximum Gasteiger partial charge on any atom is 0.352 e. The molecule has 0 fully saturated rings. The van der Waals surface area contributed by atoms with Gasteiger partial charge >= 0.3 is 5.69 Å². The third kappa shape index (κ3) is 3.46. The Morgan fingerprint density at radius 1 is 1.09 bits per heavy atom. The molecule has 0 saturated carbocycles. The van der Waals surface area contributed by atoms with Crippen LogP contribution in [-0.4, -0.2) is 24.8 Å². The van der Waals surface area contributed by atoms with Crippen molar-refractivity contribution in [1.29, 1.82) is 0 Å². The highest BCUT2D eigenvalue weighted by atomic mass is 35.5. The van der Waals surface area contributed by atoms with Crippen molar-refractivity contribution in [2.24, 2.45) is 0 Å². The summed E-state index contributed by atoms with van der Waals surface area (Å²) in [6.07, 6.45) is 0.719. The maximum absolute atomic E-state index is 13.8. The van der Waals surface area contributed by atoms with Crippen LogP contribution in [-0.2, 0) is 24.3 Å². The smallest absolute Gasteiger partial charge is 0.352 e. The number of rotatable bonds is 3. The Labute approximate surface area is 209 Å². The minimum Gasteiger partial charge on any atom is -0.370 e. The fraction of sp³-hybridized carbons (Fsp3) is 0.240. The fourth-order valence-electron chi connectivity index (χ4n) is 4.46. The first-order valence-corrected chi connectivity index (χ1v) is 12.5. The summed E-state index contributed by atoms with van der Waals surface area (Å²) in [7, 11) is 0. The highest BCUT2D eigenvalue weighted by Gasteiger charge is 2.32. The lowest BCUT2D eigenvalue weighted by atomic mass is 9.94.